The lowest BCUT2D eigenvalue weighted by atomic mass is 10.1. The Hall–Kier alpha value is -2.27. The number of carbonyl (C=O) groups excluding carboxylic acids is 1. The molecule has 0 fully saturated rings. The third-order valence-electron chi connectivity index (χ3n) is 2.65. The van der Waals surface area contributed by atoms with Gasteiger partial charge < -0.3 is 11.1 Å². The molecule has 0 aromatic heterocycles. The average molecular weight is 262 g/mol. The van der Waals surface area contributed by atoms with E-state index >= 15 is 0 Å². The molecule has 19 heavy (non-hydrogen) atoms. The highest BCUT2D eigenvalue weighted by molar-refractivity contribution is 5.95. The molecule has 5 heteroatoms. The summed E-state index contributed by atoms with van der Waals surface area (Å²) in [6.07, 6.45) is 0. The highest BCUT2D eigenvalue weighted by Gasteiger charge is 2.17. The van der Waals surface area contributed by atoms with Crippen LogP contribution in [0.3, 0.4) is 0 Å². The maximum absolute atomic E-state index is 13.4. The lowest BCUT2D eigenvalue weighted by molar-refractivity contribution is -0.117. The number of nitrogens with two attached hydrogens (primary N) is 1. The fourth-order valence-corrected chi connectivity index (χ4v) is 1.62. The second-order valence-corrected chi connectivity index (χ2v) is 3.98. The first-order chi connectivity index (χ1) is 9.09. The zero-order valence-corrected chi connectivity index (χ0v) is 9.94. The Morgan fingerprint density at radius 3 is 2.42 bits per heavy atom. The first-order valence-corrected chi connectivity index (χ1v) is 5.65. The zero-order chi connectivity index (χ0) is 13.8. The molecule has 2 aromatic carbocycles. The Labute approximate surface area is 109 Å². The molecule has 98 valence electrons. The number of anilines is 1. The highest BCUT2D eigenvalue weighted by atomic mass is 19.2. The van der Waals surface area contributed by atoms with Gasteiger partial charge in [0.05, 0.1) is 5.69 Å². The van der Waals surface area contributed by atoms with Crippen molar-refractivity contribution >= 4 is 11.6 Å². The average Bonchev–Trinajstić information content (AvgIpc) is 2.44. The Morgan fingerprint density at radius 2 is 1.74 bits per heavy atom. The van der Waals surface area contributed by atoms with Crippen molar-refractivity contribution < 1.29 is 13.6 Å². The summed E-state index contributed by atoms with van der Waals surface area (Å²) in [5, 5.41) is 2.27. The van der Waals surface area contributed by atoms with Gasteiger partial charge in [0, 0.05) is 0 Å². The lowest BCUT2D eigenvalue weighted by Crippen LogP contribution is -2.28. The van der Waals surface area contributed by atoms with Crippen molar-refractivity contribution in [2.24, 2.45) is 5.73 Å². The summed E-state index contributed by atoms with van der Waals surface area (Å²) >= 11 is 0. The minimum atomic E-state index is -1.10. The molecular formula is C14H12F2N2O. The number of carbonyl (C=O) groups is 1. The van der Waals surface area contributed by atoms with Crippen molar-refractivity contribution in [3.63, 3.8) is 0 Å². The van der Waals surface area contributed by atoms with E-state index in [1.807, 2.05) is 0 Å². The van der Waals surface area contributed by atoms with Crippen LogP contribution in [-0.2, 0) is 4.79 Å². The van der Waals surface area contributed by atoms with Gasteiger partial charge in [-0.3, -0.25) is 4.79 Å². The molecule has 2 aromatic rings. The molecule has 0 aliphatic rings. The second-order valence-electron chi connectivity index (χ2n) is 3.98. The van der Waals surface area contributed by atoms with Crippen LogP contribution in [-0.4, -0.2) is 5.91 Å². The van der Waals surface area contributed by atoms with Crippen molar-refractivity contribution in [1.29, 1.82) is 0 Å². The van der Waals surface area contributed by atoms with E-state index in [1.165, 1.54) is 12.1 Å². The van der Waals surface area contributed by atoms with Crippen LogP contribution in [0.15, 0.2) is 48.5 Å². The summed E-state index contributed by atoms with van der Waals surface area (Å²) in [5.74, 6) is -2.72. The smallest absolute Gasteiger partial charge is 0.245 e. The van der Waals surface area contributed by atoms with Gasteiger partial charge in [-0.25, -0.2) is 8.78 Å². The van der Waals surface area contributed by atoms with Crippen molar-refractivity contribution in [2.45, 2.75) is 6.04 Å². The molecule has 0 saturated carbocycles. The molecule has 1 unspecified atom stereocenters. The van der Waals surface area contributed by atoms with Gasteiger partial charge in [-0.05, 0) is 17.7 Å². The number of amides is 1. The van der Waals surface area contributed by atoms with Gasteiger partial charge in [0.1, 0.15) is 6.04 Å². The number of nitrogens with one attached hydrogen (secondary N) is 1. The molecule has 3 N–H and O–H groups in total. The van der Waals surface area contributed by atoms with Crippen LogP contribution in [0.2, 0.25) is 0 Å². The minimum absolute atomic E-state index is 0.226. The van der Waals surface area contributed by atoms with Crippen LogP contribution in [0.1, 0.15) is 11.6 Å². The van der Waals surface area contributed by atoms with Crippen LogP contribution in [0, 0.1) is 11.6 Å². The van der Waals surface area contributed by atoms with Crippen molar-refractivity contribution in [3.8, 4) is 0 Å². The largest absolute Gasteiger partial charge is 0.322 e. The quantitative estimate of drug-likeness (QED) is 0.893. The predicted molar refractivity (Wildman–Crippen MR) is 68.4 cm³/mol. The van der Waals surface area contributed by atoms with Gasteiger partial charge in [0.15, 0.2) is 11.6 Å². The Kier molecular flexibility index (Phi) is 3.87. The number of hydrogen-bond acceptors (Lipinski definition) is 2. The molecule has 0 spiro atoms. The van der Waals surface area contributed by atoms with Crippen molar-refractivity contribution in [3.05, 3.63) is 65.7 Å². The molecular weight excluding hydrogens is 250 g/mol. The Bertz CT molecular complexity index is 587. The first-order valence-electron chi connectivity index (χ1n) is 5.65. The van der Waals surface area contributed by atoms with Gasteiger partial charge in [0.2, 0.25) is 5.91 Å². The van der Waals surface area contributed by atoms with Crippen LogP contribution < -0.4 is 11.1 Å². The minimum Gasteiger partial charge on any atom is -0.322 e. The van der Waals surface area contributed by atoms with Gasteiger partial charge >= 0.3 is 0 Å². The van der Waals surface area contributed by atoms with E-state index in [0.29, 0.717) is 5.56 Å². The summed E-state index contributed by atoms with van der Waals surface area (Å²) < 4.78 is 26.4. The molecule has 0 heterocycles. The van der Waals surface area contributed by atoms with Gasteiger partial charge in [-0.2, -0.15) is 0 Å². The maximum atomic E-state index is 13.4. The Morgan fingerprint density at radius 1 is 1.05 bits per heavy atom. The topological polar surface area (TPSA) is 55.1 Å². The van der Waals surface area contributed by atoms with Gasteiger partial charge in [-0.15, -0.1) is 0 Å². The molecule has 1 atom stereocenters. The zero-order valence-electron chi connectivity index (χ0n) is 9.94. The Balaban J connectivity index is 2.15. The van der Waals surface area contributed by atoms with E-state index in [1.54, 1.807) is 30.3 Å². The number of halogens is 2. The second kappa shape index (κ2) is 5.58. The summed E-state index contributed by atoms with van der Waals surface area (Å²) in [6, 6.07) is 11.3. The van der Waals surface area contributed by atoms with Crippen LogP contribution in [0.4, 0.5) is 14.5 Å². The molecule has 2 rings (SSSR count). The molecule has 0 aliphatic carbocycles. The van der Waals surface area contributed by atoms with E-state index in [4.69, 9.17) is 5.73 Å². The third-order valence-corrected chi connectivity index (χ3v) is 2.65. The maximum Gasteiger partial charge on any atom is 0.245 e. The molecule has 0 bridgehead atoms. The lowest BCUT2D eigenvalue weighted by Gasteiger charge is -2.13. The van der Waals surface area contributed by atoms with Crippen LogP contribution in [0.25, 0.3) is 0 Å². The molecule has 0 radical (unpaired) electrons. The molecule has 0 saturated heterocycles. The summed E-state index contributed by atoms with van der Waals surface area (Å²) in [7, 11) is 0. The number of hydrogen-bond donors (Lipinski definition) is 2. The van der Waals surface area contributed by atoms with Crippen molar-refractivity contribution in [1.82, 2.24) is 0 Å². The summed E-state index contributed by atoms with van der Waals surface area (Å²) in [5.41, 5.74) is 6.11. The van der Waals surface area contributed by atoms with E-state index < -0.39 is 23.6 Å². The molecule has 1 amide bonds. The standard InChI is InChI=1S/C14H12F2N2O/c15-10-7-4-8-11(12(10)16)18-14(19)13(17)9-5-2-1-3-6-9/h1-8,13H,17H2,(H,18,19). The molecule has 3 nitrogen and oxygen atoms in total. The van der Waals surface area contributed by atoms with E-state index in [-0.39, 0.29) is 5.69 Å². The predicted octanol–water partition coefficient (Wildman–Crippen LogP) is 2.60. The fourth-order valence-electron chi connectivity index (χ4n) is 1.62. The van der Waals surface area contributed by atoms with E-state index in [2.05, 4.69) is 5.32 Å². The highest BCUT2D eigenvalue weighted by Crippen LogP contribution is 2.18. The number of rotatable bonds is 3. The third kappa shape index (κ3) is 2.95. The van der Waals surface area contributed by atoms with Crippen LogP contribution >= 0.6 is 0 Å². The molecule has 0 aliphatic heterocycles. The normalized spacial score (nSPS) is 11.9. The van der Waals surface area contributed by atoms with Crippen molar-refractivity contribution in [2.75, 3.05) is 5.32 Å². The summed E-state index contributed by atoms with van der Waals surface area (Å²) in [4.78, 5) is 11.9. The van der Waals surface area contributed by atoms with Crippen LogP contribution in [0.5, 0.6) is 0 Å². The first kappa shape index (κ1) is 13.2. The number of benzene rings is 2. The SMILES string of the molecule is NC(C(=O)Nc1cccc(F)c1F)c1ccccc1. The summed E-state index contributed by atoms with van der Waals surface area (Å²) in [6.45, 7) is 0. The van der Waals surface area contributed by atoms with E-state index in [9.17, 15) is 13.6 Å². The van der Waals surface area contributed by atoms with Gasteiger partial charge in [0.25, 0.3) is 0 Å². The fraction of sp³-hybridized carbons (Fsp3) is 0.0714. The monoisotopic (exact) mass is 262 g/mol. The van der Waals surface area contributed by atoms with E-state index in [0.717, 1.165) is 6.07 Å². The van der Waals surface area contributed by atoms with Gasteiger partial charge in [-0.1, -0.05) is 36.4 Å².